The van der Waals surface area contributed by atoms with Crippen LogP contribution in [0.5, 0.6) is 0 Å². The SMILES string of the molecule is O=C(O)c1ccc(Cl)cc1.O=C(OC[C@H]1SC(OC(=O)c2ccc(Cl)cc2)C[C@H]1OC(=O)c1ccc(Cl)cc1)c1ccc(Cl)cc1. The third kappa shape index (κ3) is 10.4. The Balaban J connectivity index is 0.000000409. The molecule has 13 heteroatoms. The van der Waals surface area contributed by atoms with Crippen LogP contribution in [0.3, 0.4) is 0 Å². The van der Waals surface area contributed by atoms with Crippen LogP contribution < -0.4 is 0 Å². The van der Waals surface area contributed by atoms with E-state index in [-0.39, 0.29) is 18.6 Å². The molecule has 46 heavy (non-hydrogen) atoms. The van der Waals surface area contributed by atoms with Gasteiger partial charge in [-0.3, -0.25) is 0 Å². The van der Waals surface area contributed by atoms with Crippen molar-refractivity contribution in [2.75, 3.05) is 6.61 Å². The Morgan fingerprint density at radius 1 is 0.587 bits per heavy atom. The molecule has 4 aromatic rings. The predicted octanol–water partition coefficient (Wildman–Crippen LogP) is 8.76. The first-order valence-corrected chi connectivity index (χ1v) is 15.9. The smallest absolute Gasteiger partial charge is 0.339 e. The molecule has 3 atom stereocenters. The summed E-state index contributed by atoms with van der Waals surface area (Å²) in [6, 6.07) is 24.9. The Labute approximate surface area is 288 Å². The van der Waals surface area contributed by atoms with Gasteiger partial charge in [-0.15, -0.1) is 11.8 Å². The van der Waals surface area contributed by atoms with E-state index in [2.05, 4.69) is 0 Å². The zero-order chi connectivity index (χ0) is 33.2. The Morgan fingerprint density at radius 3 is 1.37 bits per heavy atom. The van der Waals surface area contributed by atoms with Crippen molar-refractivity contribution in [3.63, 3.8) is 0 Å². The minimum atomic E-state index is -0.934. The van der Waals surface area contributed by atoms with Crippen molar-refractivity contribution in [1.29, 1.82) is 0 Å². The molecule has 4 aromatic carbocycles. The number of esters is 3. The maximum absolute atomic E-state index is 12.7. The highest BCUT2D eigenvalue weighted by molar-refractivity contribution is 8.00. The van der Waals surface area contributed by atoms with E-state index in [1.807, 2.05) is 0 Å². The van der Waals surface area contributed by atoms with Gasteiger partial charge in [-0.2, -0.15) is 0 Å². The number of carboxylic acid groups (broad SMARTS) is 1. The Kier molecular flexibility index (Phi) is 12.8. The van der Waals surface area contributed by atoms with E-state index >= 15 is 0 Å². The number of carbonyl (C=O) groups excluding carboxylic acids is 3. The lowest BCUT2D eigenvalue weighted by Crippen LogP contribution is -2.29. The second kappa shape index (κ2) is 16.7. The molecule has 1 fully saturated rings. The fourth-order valence-electron chi connectivity index (χ4n) is 4.01. The van der Waals surface area contributed by atoms with Gasteiger partial charge in [-0.1, -0.05) is 46.4 Å². The van der Waals surface area contributed by atoms with E-state index in [0.717, 1.165) is 0 Å². The monoisotopic (exact) mass is 720 g/mol. The molecule has 1 aliphatic heterocycles. The molecule has 1 saturated heterocycles. The molecule has 238 valence electrons. The third-order valence-corrected chi connectivity index (χ3v) is 8.76. The summed E-state index contributed by atoms with van der Waals surface area (Å²) in [5, 5.41) is 10.0. The zero-order valence-electron chi connectivity index (χ0n) is 23.6. The maximum atomic E-state index is 12.7. The van der Waals surface area contributed by atoms with Crippen molar-refractivity contribution in [3.05, 3.63) is 139 Å². The van der Waals surface area contributed by atoms with Crippen molar-refractivity contribution in [3.8, 4) is 0 Å². The molecule has 5 rings (SSSR count). The quantitative estimate of drug-likeness (QED) is 0.141. The molecule has 1 N–H and O–H groups in total. The number of halogens is 4. The zero-order valence-corrected chi connectivity index (χ0v) is 27.4. The third-order valence-electron chi connectivity index (χ3n) is 6.37. The number of hydrogen-bond acceptors (Lipinski definition) is 8. The molecule has 0 aromatic heterocycles. The average molecular weight is 722 g/mol. The lowest BCUT2D eigenvalue weighted by Gasteiger charge is -2.19. The van der Waals surface area contributed by atoms with Gasteiger partial charge in [-0.25, -0.2) is 19.2 Å². The largest absolute Gasteiger partial charge is 0.478 e. The Morgan fingerprint density at radius 2 is 0.957 bits per heavy atom. The van der Waals surface area contributed by atoms with Gasteiger partial charge in [0.15, 0.2) is 5.44 Å². The van der Waals surface area contributed by atoms with Gasteiger partial charge in [0.05, 0.1) is 27.5 Å². The molecule has 0 bridgehead atoms. The predicted molar refractivity (Wildman–Crippen MR) is 177 cm³/mol. The second-order valence-corrected chi connectivity index (χ2v) is 12.8. The summed E-state index contributed by atoms with van der Waals surface area (Å²) >= 11 is 24.4. The summed E-state index contributed by atoms with van der Waals surface area (Å²) in [4.78, 5) is 48.0. The summed E-state index contributed by atoms with van der Waals surface area (Å²) in [7, 11) is 0. The first-order valence-electron chi connectivity index (χ1n) is 13.5. The summed E-state index contributed by atoms with van der Waals surface area (Å²) < 4.78 is 16.8. The maximum Gasteiger partial charge on any atom is 0.339 e. The van der Waals surface area contributed by atoms with Crippen molar-refractivity contribution < 1.29 is 38.5 Å². The molecule has 0 spiro atoms. The molecule has 0 amide bonds. The van der Waals surface area contributed by atoms with E-state index in [1.165, 1.54) is 23.9 Å². The van der Waals surface area contributed by atoms with Gasteiger partial charge in [0, 0.05) is 26.5 Å². The minimum Gasteiger partial charge on any atom is -0.478 e. The van der Waals surface area contributed by atoms with Crippen LogP contribution >= 0.6 is 58.2 Å². The second-order valence-electron chi connectivity index (χ2n) is 9.62. The van der Waals surface area contributed by atoms with Gasteiger partial charge in [0.2, 0.25) is 0 Å². The summed E-state index contributed by atoms with van der Waals surface area (Å²) in [5.74, 6) is -2.57. The van der Waals surface area contributed by atoms with E-state index in [0.29, 0.717) is 36.8 Å². The lowest BCUT2D eigenvalue weighted by molar-refractivity contribution is 0.0135. The van der Waals surface area contributed by atoms with Gasteiger partial charge >= 0.3 is 23.9 Å². The Bertz CT molecular complexity index is 1660. The lowest BCUT2D eigenvalue weighted by atomic mass is 10.1. The number of benzene rings is 4. The van der Waals surface area contributed by atoms with Crippen molar-refractivity contribution in [2.45, 2.75) is 23.2 Å². The molecule has 0 radical (unpaired) electrons. The number of aromatic carboxylic acids is 1. The van der Waals surface area contributed by atoms with Crippen LogP contribution in [0.1, 0.15) is 47.9 Å². The van der Waals surface area contributed by atoms with Gasteiger partial charge in [-0.05, 0) is 97.1 Å². The standard InChI is InChI=1S/C26H19Cl3O6S.C7H5ClO2/c27-18-7-1-15(2-8-18)24(30)33-14-22-21(34-25(31)16-3-9-19(28)10-4-16)13-23(36-22)35-26(32)17-5-11-20(29)12-6-17;8-6-3-1-5(2-4-6)7(9)10/h1-12,21-23H,13-14H2;1-4H,(H,9,10)/t21-,22-,23?;/m1./s1. The van der Waals surface area contributed by atoms with Crippen LogP contribution in [-0.2, 0) is 14.2 Å². The number of carboxylic acids is 1. The molecule has 0 aliphatic carbocycles. The molecular formula is C33H24Cl4O8S. The Hall–Kier alpha value is -3.73. The van der Waals surface area contributed by atoms with E-state index in [1.54, 1.807) is 84.9 Å². The fourth-order valence-corrected chi connectivity index (χ4v) is 5.84. The van der Waals surface area contributed by atoms with Gasteiger partial charge < -0.3 is 19.3 Å². The molecule has 1 unspecified atom stereocenters. The van der Waals surface area contributed by atoms with Crippen LogP contribution in [0.4, 0.5) is 0 Å². The molecule has 8 nitrogen and oxygen atoms in total. The van der Waals surface area contributed by atoms with Crippen LogP contribution in [0.25, 0.3) is 0 Å². The summed E-state index contributed by atoms with van der Waals surface area (Å²) in [5.41, 5.74) is 0.637. The van der Waals surface area contributed by atoms with Crippen LogP contribution in [0.2, 0.25) is 20.1 Å². The van der Waals surface area contributed by atoms with Crippen LogP contribution in [0, 0.1) is 0 Å². The molecule has 1 heterocycles. The molecular weight excluding hydrogens is 698 g/mol. The van der Waals surface area contributed by atoms with Crippen molar-refractivity contribution >= 4 is 82.0 Å². The number of thioether (sulfide) groups is 1. The van der Waals surface area contributed by atoms with Crippen LogP contribution in [0.15, 0.2) is 97.1 Å². The van der Waals surface area contributed by atoms with E-state index in [9.17, 15) is 19.2 Å². The molecule has 1 aliphatic rings. The highest BCUT2D eigenvalue weighted by Gasteiger charge is 2.41. The van der Waals surface area contributed by atoms with Crippen LogP contribution in [-0.4, -0.2) is 52.4 Å². The first kappa shape index (κ1) is 35.1. The summed E-state index contributed by atoms with van der Waals surface area (Å²) in [6.45, 7) is -0.0559. The minimum absolute atomic E-state index is 0.0559. The number of hydrogen-bond donors (Lipinski definition) is 1. The van der Waals surface area contributed by atoms with Gasteiger partial charge in [0.25, 0.3) is 0 Å². The number of carbonyl (C=O) groups is 4. The van der Waals surface area contributed by atoms with Gasteiger partial charge in [0.1, 0.15) is 12.7 Å². The van der Waals surface area contributed by atoms with E-state index < -0.39 is 40.7 Å². The summed E-state index contributed by atoms with van der Waals surface area (Å²) in [6.07, 6.45) is -0.439. The van der Waals surface area contributed by atoms with E-state index in [4.69, 9.17) is 65.7 Å². The first-order chi connectivity index (χ1) is 22.0. The highest BCUT2D eigenvalue weighted by atomic mass is 35.5. The highest BCUT2D eigenvalue weighted by Crippen LogP contribution is 2.38. The number of rotatable bonds is 8. The normalized spacial score (nSPS) is 16.8. The number of ether oxygens (including phenoxy) is 3. The fraction of sp³-hybridized carbons (Fsp3) is 0.152. The van der Waals surface area contributed by atoms with Crippen molar-refractivity contribution in [2.24, 2.45) is 0 Å². The molecule has 0 saturated carbocycles. The van der Waals surface area contributed by atoms with Crippen molar-refractivity contribution in [1.82, 2.24) is 0 Å². The topological polar surface area (TPSA) is 116 Å². The average Bonchev–Trinajstić information content (AvgIpc) is 3.41.